The normalized spacial score (nSPS) is 14.2. The Hall–Kier alpha value is -3.39. The number of rotatable bonds is 10. The molecule has 0 aliphatic heterocycles. The van der Waals surface area contributed by atoms with Crippen LogP contribution in [0.25, 0.3) is 11.1 Å². The van der Waals surface area contributed by atoms with Gasteiger partial charge in [-0.3, -0.25) is 9.59 Å². The molecule has 3 rings (SSSR count). The van der Waals surface area contributed by atoms with E-state index < -0.39 is 30.1 Å². The number of aliphatic carboxylic acids is 1. The van der Waals surface area contributed by atoms with Gasteiger partial charge in [-0.1, -0.05) is 55.5 Å². The van der Waals surface area contributed by atoms with Gasteiger partial charge >= 0.3 is 12.1 Å². The molecule has 0 bridgehead atoms. The van der Waals surface area contributed by atoms with Gasteiger partial charge in [0.25, 0.3) is 0 Å². The summed E-state index contributed by atoms with van der Waals surface area (Å²) in [5.41, 5.74) is 4.48. The van der Waals surface area contributed by atoms with Gasteiger partial charge in [0.1, 0.15) is 12.6 Å². The Morgan fingerprint density at radius 1 is 1.00 bits per heavy atom. The predicted molar refractivity (Wildman–Crippen MR) is 125 cm³/mol. The number of hydrogen-bond acceptors (Lipinski definition) is 5. The van der Waals surface area contributed by atoms with Crippen molar-refractivity contribution in [1.82, 2.24) is 15.5 Å². The fourth-order valence-electron chi connectivity index (χ4n) is 4.15. The number of nitrogens with one attached hydrogen (secondary N) is 2. The fraction of sp³-hybridized carbons (Fsp3) is 0.400. The molecule has 0 fully saturated rings. The van der Waals surface area contributed by atoms with Crippen LogP contribution in [-0.2, 0) is 14.3 Å². The standard InChI is InChI=1S/C25H31N3O5/c1-4-16(13-23(29)30)26-24(31)22(14-28(2)3)27-25(32)33-15-21-19-11-7-5-9-17(19)18-10-6-8-12-20(18)21/h5-12,16,21-22H,4,13-15H2,1-3H3,(H,26,31)(H,27,32)(H,29,30)/t16-,22?/m0/s1. The van der Waals surface area contributed by atoms with E-state index in [0.717, 1.165) is 22.3 Å². The first-order chi connectivity index (χ1) is 15.8. The zero-order chi connectivity index (χ0) is 24.0. The van der Waals surface area contributed by atoms with Crippen LogP contribution < -0.4 is 10.6 Å². The van der Waals surface area contributed by atoms with Gasteiger partial charge in [-0.2, -0.15) is 0 Å². The topological polar surface area (TPSA) is 108 Å². The van der Waals surface area contributed by atoms with E-state index in [-0.39, 0.29) is 25.5 Å². The summed E-state index contributed by atoms with van der Waals surface area (Å²) in [6, 6.07) is 14.7. The average molecular weight is 454 g/mol. The maximum Gasteiger partial charge on any atom is 0.407 e. The first-order valence-corrected chi connectivity index (χ1v) is 11.1. The summed E-state index contributed by atoms with van der Waals surface area (Å²) < 4.78 is 5.56. The molecular formula is C25H31N3O5. The van der Waals surface area contributed by atoms with E-state index in [9.17, 15) is 14.4 Å². The van der Waals surface area contributed by atoms with Gasteiger partial charge in [0.2, 0.25) is 5.91 Å². The molecule has 0 radical (unpaired) electrons. The number of ether oxygens (including phenoxy) is 1. The Morgan fingerprint density at radius 3 is 2.09 bits per heavy atom. The fourth-order valence-corrected chi connectivity index (χ4v) is 4.15. The van der Waals surface area contributed by atoms with Crippen molar-refractivity contribution in [3.63, 3.8) is 0 Å². The van der Waals surface area contributed by atoms with Crippen LogP contribution >= 0.6 is 0 Å². The Bertz CT molecular complexity index is 962. The second-order valence-electron chi connectivity index (χ2n) is 8.50. The third-order valence-corrected chi connectivity index (χ3v) is 5.76. The van der Waals surface area contributed by atoms with Crippen molar-refractivity contribution in [3.8, 4) is 11.1 Å². The molecule has 8 heteroatoms. The molecule has 2 aromatic rings. The first-order valence-electron chi connectivity index (χ1n) is 11.1. The number of carboxylic acid groups (broad SMARTS) is 1. The van der Waals surface area contributed by atoms with E-state index in [1.807, 2.05) is 36.4 Å². The van der Waals surface area contributed by atoms with Crippen molar-refractivity contribution >= 4 is 18.0 Å². The van der Waals surface area contributed by atoms with Gasteiger partial charge in [-0.15, -0.1) is 0 Å². The smallest absolute Gasteiger partial charge is 0.407 e. The molecule has 1 aliphatic carbocycles. The van der Waals surface area contributed by atoms with Crippen molar-refractivity contribution in [1.29, 1.82) is 0 Å². The number of carbonyl (C=O) groups is 3. The van der Waals surface area contributed by atoms with E-state index in [0.29, 0.717) is 6.42 Å². The van der Waals surface area contributed by atoms with Gasteiger partial charge in [-0.05, 0) is 42.8 Å². The van der Waals surface area contributed by atoms with Crippen molar-refractivity contribution in [3.05, 3.63) is 59.7 Å². The summed E-state index contributed by atoms with van der Waals surface area (Å²) >= 11 is 0. The van der Waals surface area contributed by atoms with Crippen LogP contribution in [0.1, 0.15) is 36.8 Å². The first kappa shape index (κ1) is 24.3. The lowest BCUT2D eigenvalue weighted by molar-refractivity contribution is -0.137. The number of carboxylic acids is 1. The lowest BCUT2D eigenvalue weighted by Gasteiger charge is -2.24. The van der Waals surface area contributed by atoms with E-state index in [4.69, 9.17) is 9.84 Å². The van der Waals surface area contributed by atoms with Crippen LogP contribution in [0.15, 0.2) is 48.5 Å². The largest absolute Gasteiger partial charge is 0.481 e. The number of hydrogen-bond donors (Lipinski definition) is 3. The Kier molecular flexibility index (Phi) is 8.06. The highest BCUT2D eigenvalue weighted by Gasteiger charge is 2.30. The van der Waals surface area contributed by atoms with Crippen LogP contribution in [0, 0.1) is 0 Å². The van der Waals surface area contributed by atoms with E-state index in [2.05, 4.69) is 22.8 Å². The molecule has 0 saturated heterocycles. The maximum atomic E-state index is 12.8. The number of benzene rings is 2. The van der Waals surface area contributed by atoms with Crippen LogP contribution in [0.5, 0.6) is 0 Å². The van der Waals surface area contributed by atoms with Gasteiger partial charge < -0.3 is 25.4 Å². The quantitative estimate of drug-likeness (QED) is 0.511. The van der Waals surface area contributed by atoms with Crippen molar-refractivity contribution in [2.75, 3.05) is 27.2 Å². The highest BCUT2D eigenvalue weighted by molar-refractivity contribution is 5.86. The Labute approximate surface area is 193 Å². The van der Waals surface area contributed by atoms with Crippen LogP contribution in [0.3, 0.4) is 0 Å². The van der Waals surface area contributed by atoms with Crippen LogP contribution in [0.2, 0.25) is 0 Å². The molecule has 0 spiro atoms. The molecular weight excluding hydrogens is 422 g/mol. The zero-order valence-corrected chi connectivity index (χ0v) is 19.2. The van der Waals surface area contributed by atoms with Crippen molar-refractivity contribution in [2.45, 2.75) is 37.8 Å². The average Bonchev–Trinajstić information content (AvgIpc) is 3.10. The summed E-state index contributed by atoms with van der Waals surface area (Å²) in [6.07, 6.45) is -0.398. The van der Waals surface area contributed by atoms with Crippen molar-refractivity contribution in [2.24, 2.45) is 0 Å². The molecule has 2 amide bonds. The third-order valence-electron chi connectivity index (χ3n) is 5.76. The van der Waals surface area contributed by atoms with Gasteiger partial charge in [-0.25, -0.2) is 4.79 Å². The summed E-state index contributed by atoms with van der Waals surface area (Å²) in [4.78, 5) is 38.2. The lowest BCUT2D eigenvalue weighted by atomic mass is 9.98. The molecule has 0 aromatic heterocycles. The molecule has 3 N–H and O–H groups in total. The van der Waals surface area contributed by atoms with Gasteiger partial charge in [0.05, 0.1) is 6.42 Å². The van der Waals surface area contributed by atoms with Gasteiger partial charge in [0.15, 0.2) is 0 Å². The van der Waals surface area contributed by atoms with E-state index in [1.165, 1.54) is 0 Å². The zero-order valence-electron chi connectivity index (χ0n) is 19.2. The number of fused-ring (bicyclic) bond motifs is 3. The number of nitrogens with zero attached hydrogens (tertiary/aromatic N) is 1. The molecule has 2 atom stereocenters. The molecule has 1 aliphatic rings. The Balaban J connectivity index is 1.65. The molecule has 2 aromatic carbocycles. The molecule has 1 unspecified atom stereocenters. The highest BCUT2D eigenvalue weighted by atomic mass is 16.5. The van der Waals surface area contributed by atoms with Crippen LogP contribution in [0.4, 0.5) is 4.79 Å². The third kappa shape index (κ3) is 6.10. The highest BCUT2D eigenvalue weighted by Crippen LogP contribution is 2.44. The second kappa shape index (κ2) is 11.0. The Morgan fingerprint density at radius 2 is 1.58 bits per heavy atom. The van der Waals surface area contributed by atoms with Crippen molar-refractivity contribution < 1.29 is 24.2 Å². The number of carbonyl (C=O) groups excluding carboxylic acids is 2. The number of likely N-dealkylation sites (N-methyl/N-ethyl adjacent to an activating group) is 1. The molecule has 0 saturated carbocycles. The monoisotopic (exact) mass is 453 g/mol. The summed E-state index contributed by atoms with van der Waals surface area (Å²) in [7, 11) is 3.57. The maximum absolute atomic E-state index is 12.8. The van der Waals surface area contributed by atoms with E-state index >= 15 is 0 Å². The van der Waals surface area contributed by atoms with Gasteiger partial charge in [0, 0.05) is 18.5 Å². The summed E-state index contributed by atoms with van der Waals surface area (Å²) in [5.74, 6) is -1.51. The SMILES string of the molecule is CC[C@@H](CC(=O)O)NC(=O)C(CN(C)C)NC(=O)OCC1c2ccccc2-c2ccccc21. The molecule has 0 heterocycles. The minimum absolute atomic E-state index is 0.0793. The summed E-state index contributed by atoms with van der Waals surface area (Å²) in [5, 5.41) is 14.4. The molecule has 176 valence electrons. The number of alkyl carbamates (subject to hydrolysis) is 1. The van der Waals surface area contributed by atoms with Crippen LogP contribution in [-0.4, -0.2) is 67.3 Å². The minimum atomic E-state index is -0.990. The lowest BCUT2D eigenvalue weighted by Crippen LogP contribution is -2.54. The second-order valence-corrected chi connectivity index (χ2v) is 8.50. The van der Waals surface area contributed by atoms with E-state index in [1.54, 1.807) is 25.9 Å². The molecule has 8 nitrogen and oxygen atoms in total. The summed E-state index contributed by atoms with van der Waals surface area (Å²) in [6.45, 7) is 2.19. The molecule has 33 heavy (non-hydrogen) atoms. The predicted octanol–water partition coefficient (Wildman–Crippen LogP) is 2.82. The minimum Gasteiger partial charge on any atom is -0.481 e. The number of amides is 2.